The number of aromatic nitrogens is 2. The van der Waals surface area contributed by atoms with Gasteiger partial charge in [0.2, 0.25) is 10.3 Å². The van der Waals surface area contributed by atoms with Gasteiger partial charge in [-0.2, -0.15) is 0 Å². The third-order valence-corrected chi connectivity index (χ3v) is 4.66. The van der Waals surface area contributed by atoms with Crippen molar-refractivity contribution >= 4 is 21.6 Å². The zero-order valence-electron chi connectivity index (χ0n) is 10.6. The quantitative estimate of drug-likeness (QED) is 0.797. The summed E-state index contributed by atoms with van der Waals surface area (Å²) < 4.78 is 6.07. The van der Waals surface area contributed by atoms with Crippen molar-refractivity contribution in [3.05, 3.63) is 0 Å². The van der Waals surface area contributed by atoms with Crippen molar-refractivity contribution in [1.82, 2.24) is 15.1 Å². The molecule has 0 radical (unpaired) electrons. The van der Waals surface area contributed by atoms with Gasteiger partial charge in [-0.1, -0.05) is 11.3 Å². The minimum atomic E-state index is 0.00515. The van der Waals surface area contributed by atoms with Crippen LogP contribution in [0.15, 0.2) is 0 Å². The molecule has 6 nitrogen and oxygen atoms in total. The Morgan fingerprint density at radius 3 is 2.72 bits per heavy atom. The number of likely N-dealkylation sites (tertiary alicyclic amines) is 1. The van der Waals surface area contributed by atoms with Crippen LogP contribution in [0.3, 0.4) is 0 Å². The molecular formula is C11H19N5OS. The first-order chi connectivity index (χ1) is 8.67. The summed E-state index contributed by atoms with van der Waals surface area (Å²) >= 11 is 1.46. The van der Waals surface area contributed by atoms with Crippen LogP contribution < -0.4 is 10.6 Å². The summed E-state index contributed by atoms with van der Waals surface area (Å²) in [6.45, 7) is 4.77. The number of hydrogen-bond acceptors (Lipinski definition) is 7. The zero-order valence-corrected chi connectivity index (χ0v) is 11.4. The minimum absolute atomic E-state index is 0.00515. The van der Waals surface area contributed by atoms with Crippen molar-refractivity contribution in [2.45, 2.75) is 18.4 Å². The fourth-order valence-corrected chi connectivity index (χ4v) is 3.33. The summed E-state index contributed by atoms with van der Waals surface area (Å²) in [5, 5.41) is 9.49. The number of ether oxygens (including phenoxy) is 1. The minimum Gasteiger partial charge on any atom is -0.374 e. The van der Waals surface area contributed by atoms with Gasteiger partial charge in [0.25, 0.3) is 0 Å². The van der Waals surface area contributed by atoms with Gasteiger partial charge in [-0.15, -0.1) is 10.2 Å². The van der Waals surface area contributed by atoms with Gasteiger partial charge in [0, 0.05) is 26.2 Å². The van der Waals surface area contributed by atoms with E-state index in [0.29, 0.717) is 5.13 Å². The fourth-order valence-electron chi connectivity index (χ4n) is 2.69. The molecule has 2 saturated heterocycles. The second-order valence-corrected chi connectivity index (χ2v) is 6.17. The molecule has 0 amide bonds. The van der Waals surface area contributed by atoms with Crippen molar-refractivity contribution in [3.63, 3.8) is 0 Å². The number of anilines is 2. The van der Waals surface area contributed by atoms with Gasteiger partial charge in [0.1, 0.15) is 0 Å². The Kier molecular flexibility index (Phi) is 3.13. The lowest BCUT2D eigenvalue weighted by molar-refractivity contribution is -0.0883. The van der Waals surface area contributed by atoms with E-state index in [4.69, 9.17) is 10.5 Å². The number of nitrogen functional groups attached to an aromatic ring is 1. The summed E-state index contributed by atoms with van der Waals surface area (Å²) in [6.07, 6.45) is 2.18. The number of nitrogens with zero attached hydrogens (tertiary/aromatic N) is 4. The highest BCUT2D eigenvalue weighted by atomic mass is 32.1. The highest BCUT2D eigenvalue weighted by molar-refractivity contribution is 7.18. The van der Waals surface area contributed by atoms with E-state index >= 15 is 0 Å². The molecule has 0 atom stereocenters. The summed E-state index contributed by atoms with van der Waals surface area (Å²) in [5.74, 6) is 0. The first-order valence-electron chi connectivity index (χ1n) is 6.33. The molecule has 2 fully saturated rings. The first-order valence-corrected chi connectivity index (χ1v) is 7.15. The average Bonchev–Trinajstić information content (AvgIpc) is 2.81. The van der Waals surface area contributed by atoms with E-state index in [-0.39, 0.29) is 5.60 Å². The molecule has 100 valence electrons. The van der Waals surface area contributed by atoms with Gasteiger partial charge in [0.15, 0.2) is 0 Å². The van der Waals surface area contributed by atoms with Crippen molar-refractivity contribution in [2.24, 2.45) is 0 Å². The van der Waals surface area contributed by atoms with E-state index < -0.39 is 0 Å². The molecule has 0 saturated carbocycles. The lowest BCUT2D eigenvalue weighted by atomic mass is 9.90. The number of hydrogen-bond donors (Lipinski definition) is 1. The SMILES string of the molecule is CN1CCC2(CC1)CN(c1nnc(N)s1)CCO2. The van der Waals surface area contributed by atoms with Gasteiger partial charge in [-0.05, 0) is 19.9 Å². The van der Waals surface area contributed by atoms with Crippen molar-refractivity contribution in [3.8, 4) is 0 Å². The molecule has 2 aliphatic heterocycles. The highest BCUT2D eigenvalue weighted by Crippen LogP contribution is 2.33. The predicted octanol–water partition coefficient (Wildman–Crippen LogP) is 0.421. The molecule has 7 heteroatoms. The van der Waals surface area contributed by atoms with E-state index in [9.17, 15) is 0 Å². The van der Waals surface area contributed by atoms with Crippen LogP contribution in [0.1, 0.15) is 12.8 Å². The Hall–Kier alpha value is -0.920. The summed E-state index contributed by atoms with van der Waals surface area (Å²) in [6, 6.07) is 0. The zero-order chi connectivity index (χ0) is 12.6. The molecule has 18 heavy (non-hydrogen) atoms. The highest BCUT2D eigenvalue weighted by Gasteiger charge is 2.39. The van der Waals surface area contributed by atoms with E-state index in [1.54, 1.807) is 0 Å². The van der Waals surface area contributed by atoms with Gasteiger partial charge in [-0.25, -0.2) is 0 Å². The largest absolute Gasteiger partial charge is 0.374 e. The van der Waals surface area contributed by atoms with Crippen molar-refractivity contribution < 1.29 is 4.74 Å². The summed E-state index contributed by atoms with van der Waals surface area (Å²) in [7, 11) is 2.17. The predicted molar refractivity (Wildman–Crippen MR) is 71.9 cm³/mol. The molecule has 2 N–H and O–H groups in total. The molecule has 3 heterocycles. The van der Waals surface area contributed by atoms with E-state index in [1.807, 2.05) is 0 Å². The van der Waals surface area contributed by atoms with Gasteiger partial charge in [0.05, 0.1) is 12.2 Å². The molecule has 2 aliphatic rings. The van der Waals surface area contributed by atoms with Crippen LogP contribution in [-0.4, -0.2) is 60.5 Å². The normalized spacial score (nSPS) is 24.6. The van der Waals surface area contributed by atoms with Gasteiger partial charge >= 0.3 is 0 Å². The van der Waals surface area contributed by atoms with Crippen LogP contribution in [0, 0.1) is 0 Å². The molecular weight excluding hydrogens is 250 g/mol. The van der Waals surface area contributed by atoms with Crippen LogP contribution in [0.4, 0.5) is 10.3 Å². The smallest absolute Gasteiger partial charge is 0.210 e. The monoisotopic (exact) mass is 269 g/mol. The Morgan fingerprint density at radius 1 is 1.28 bits per heavy atom. The first kappa shape index (κ1) is 12.1. The maximum atomic E-state index is 6.07. The maximum absolute atomic E-state index is 6.07. The Bertz CT molecular complexity index is 415. The van der Waals surface area contributed by atoms with Gasteiger partial charge in [-0.3, -0.25) is 0 Å². The number of morpholine rings is 1. The van der Waals surface area contributed by atoms with Crippen LogP contribution in [0.2, 0.25) is 0 Å². The van der Waals surface area contributed by atoms with Crippen LogP contribution >= 0.6 is 11.3 Å². The third-order valence-electron chi connectivity index (χ3n) is 3.85. The molecule has 0 aliphatic carbocycles. The lowest BCUT2D eigenvalue weighted by Crippen LogP contribution is -2.56. The topological polar surface area (TPSA) is 67.5 Å². The third kappa shape index (κ3) is 2.30. The molecule has 1 spiro atoms. The van der Waals surface area contributed by atoms with E-state index in [0.717, 1.165) is 50.8 Å². The molecule has 0 aromatic carbocycles. The Balaban J connectivity index is 1.72. The second kappa shape index (κ2) is 4.64. The van der Waals surface area contributed by atoms with E-state index in [2.05, 4.69) is 27.0 Å². The van der Waals surface area contributed by atoms with Crippen LogP contribution in [0.5, 0.6) is 0 Å². The van der Waals surface area contributed by atoms with Gasteiger partial charge < -0.3 is 20.3 Å². The van der Waals surface area contributed by atoms with Crippen LogP contribution in [0.25, 0.3) is 0 Å². The number of nitrogens with two attached hydrogens (primary N) is 1. The molecule has 0 unspecified atom stereocenters. The molecule has 1 aromatic rings. The standard InChI is InChI=1S/C11H19N5OS/c1-15-4-2-11(3-5-15)8-16(6-7-17-11)10-14-13-9(12)18-10/h2-8H2,1H3,(H2,12,13). The molecule has 1 aromatic heterocycles. The molecule has 3 rings (SSSR count). The van der Waals surface area contributed by atoms with E-state index in [1.165, 1.54) is 11.3 Å². The Morgan fingerprint density at radius 2 is 2.06 bits per heavy atom. The summed E-state index contributed by atoms with van der Waals surface area (Å²) in [4.78, 5) is 4.62. The van der Waals surface area contributed by atoms with Crippen LogP contribution in [-0.2, 0) is 4.74 Å². The fraction of sp³-hybridized carbons (Fsp3) is 0.818. The second-order valence-electron chi connectivity index (χ2n) is 5.18. The lowest BCUT2D eigenvalue weighted by Gasteiger charge is -2.46. The average molecular weight is 269 g/mol. The summed E-state index contributed by atoms with van der Waals surface area (Å²) in [5.41, 5.74) is 5.66. The molecule has 0 bridgehead atoms. The number of piperidine rings is 1. The van der Waals surface area contributed by atoms with Crippen molar-refractivity contribution in [1.29, 1.82) is 0 Å². The Labute approximate surface area is 111 Å². The maximum Gasteiger partial charge on any atom is 0.210 e. The van der Waals surface area contributed by atoms with Crippen molar-refractivity contribution in [2.75, 3.05) is 50.5 Å². The number of rotatable bonds is 1.